The first kappa shape index (κ1) is 23.7. The molecule has 0 bridgehead atoms. The molecule has 0 unspecified atom stereocenters. The zero-order valence-electron chi connectivity index (χ0n) is 19.1. The van der Waals surface area contributed by atoms with Crippen molar-refractivity contribution in [1.29, 1.82) is 0 Å². The summed E-state index contributed by atoms with van der Waals surface area (Å²) in [7, 11) is 0. The fourth-order valence-electron chi connectivity index (χ4n) is 4.01. The fraction of sp³-hybridized carbons (Fsp3) is 0.600. The Labute approximate surface area is 181 Å². The summed E-state index contributed by atoms with van der Waals surface area (Å²) >= 11 is 6.66. The van der Waals surface area contributed by atoms with Crippen LogP contribution in [0.3, 0.4) is 0 Å². The van der Waals surface area contributed by atoms with E-state index in [4.69, 9.17) is 11.6 Å². The van der Waals surface area contributed by atoms with Crippen LogP contribution in [-0.4, -0.2) is 23.1 Å². The third-order valence-electron chi connectivity index (χ3n) is 5.92. The van der Waals surface area contributed by atoms with Crippen molar-refractivity contribution >= 4 is 23.3 Å². The summed E-state index contributed by atoms with van der Waals surface area (Å²) in [6.45, 7) is 15.2. The standard InChI is InChI=1S/C25H36ClNO2/c1-17(2)21-16-27(13-11-18(3)28)23(29)15-25(21,7)20-9-8-19(22(26)14-20)10-12-24(4,5)6/h8-9,14,16-17H,10-13,15H2,1-7H3/t25-/m0/s1. The van der Waals surface area contributed by atoms with Gasteiger partial charge in [0.05, 0.1) is 0 Å². The average Bonchev–Trinajstić information content (AvgIpc) is 2.58. The van der Waals surface area contributed by atoms with Crippen LogP contribution in [0.15, 0.2) is 30.0 Å². The number of hydrogen-bond acceptors (Lipinski definition) is 2. The van der Waals surface area contributed by atoms with Crippen molar-refractivity contribution in [3.63, 3.8) is 0 Å². The van der Waals surface area contributed by atoms with Gasteiger partial charge in [-0.15, -0.1) is 0 Å². The van der Waals surface area contributed by atoms with Crippen LogP contribution in [0.25, 0.3) is 0 Å². The molecule has 160 valence electrons. The molecule has 1 aliphatic heterocycles. The number of nitrogens with zero attached hydrogens (tertiary/aromatic N) is 1. The Balaban J connectivity index is 2.36. The Morgan fingerprint density at radius 2 is 1.93 bits per heavy atom. The lowest BCUT2D eigenvalue weighted by atomic mass is 9.68. The highest BCUT2D eigenvalue weighted by Crippen LogP contribution is 2.43. The maximum atomic E-state index is 12.9. The van der Waals surface area contributed by atoms with Crippen LogP contribution in [0.1, 0.15) is 78.9 Å². The van der Waals surface area contributed by atoms with Crippen molar-refractivity contribution in [1.82, 2.24) is 4.90 Å². The van der Waals surface area contributed by atoms with E-state index in [0.717, 1.165) is 29.0 Å². The SMILES string of the molecule is CC(=O)CCN1C=C(C(C)C)[C@](C)(c2ccc(CCC(C)(C)C)c(Cl)c2)CC1=O. The molecule has 0 aliphatic carbocycles. The van der Waals surface area contributed by atoms with Crippen molar-refractivity contribution in [2.45, 2.75) is 79.6 Å². The van der Waals surface area contributed by atoms with Crippen molar-refractivity contribution in [3.8, 4) is 0 Å². The van der Waals surface area contributed by atoms with E-state index in [1.54, 1.807) is 11.8 Å². The molecule has 1 amide bonds. The molecule has 0 aromatic heterocycles. The van der Waals surface area contributed by atoms with Gasteiger partial charge in [0.15, 0.2) is 0 Å². The Bertz CT molecular complexity index is 804. The van der Waals surface area contributed by atoms with Crippen LogP contribution in [-0.2, 0) is 21.4 Å². The van der Waals surface area contributed by atoms with Gasteiger partial charge in [-0.3, -0.25) is 9.59 Å². The van der Waals surface area contributed by atoms with Gasteiger partial charge in [-0.2, -0.15) is 0 Å². The number of ketones is 1. The second kappa shape index (κ2) is 9.04. The van der Waals surface area contributed by atoms with E-state index in [9.17, 15) is 9.59 Å². The van der Waals surface area contributed by atoms with Gasteiger partial charge in [-0.05, 0) is 53.9 Å². The largest absolute Gasteiger partial charge is 0.319 e. The summed E-state index contributed by atoms with van der Waals surface area (Å²) in [4.78, 5) is 26.0. The summed E-state index contributed by atoms with van der Waals surface area (Å²) in [6, 6.07) is 6.31. The number of carbonyl (C=O) groups excluding carboxylic acids is 2. The summed E-state index contributed by atoms with van der Waals surface area (Å²) in [5.74, 6) is 0.446. The molecule has 4 heteroatoms. The molecule has 0 fully saturated rings. The highest BCUT2D eigenvalue weighted by atomic mass is 35.5. The quantitative estimate of drug-likeness (QED) is 0.519. The number of amides is 1. The Kier molecular flexibility index (Phi) is 7.37. The van der Waals surface area contributed by atoms with Crippen LogP contribution >= 0.6 is 11.6 Å². The Morgan fingerprint density at radius 3 is 2.45 bits per heavy atom. The van der Waals surface area contributed by atoms with E-state index in [1.807, 2.05) is 12.3 Å². The molecule has 1 aliphatic rings. The molecule has 0 spiro atoms. The number of allylic oxidation sites excluding steroid dienone is 1. The molecule has 1 atom stereocenters. The van der Waals surface area contributed by atoms with E-state index in [-0.39, 0.29) is 28.4 Å². The lowest BCUT2D eigenvalue weighted by Crippen LogP contribution is -2.42. The maximum absolute atomic E-state index is 12.9. The number of benzene rings is 1. The minimum Gasteiger partial charge on any atom is -0.319 e. The highest BCUT2D eigenvalue weighted by molar-refractivity contribution is 6.31. The van der Waals surface area contributed by atoms with Crippen LogP contribution < -0.4 is 0 Å². The van der Waals surface area contributed by atoms with Crippen molar-refractivity contribution in [2.75, 3.05) is 6.54 Å². The molecule has 0 radical (unpaired) electrons. The molecule has 2 rings (SSSR count). The van der Waals surface area contributed by atoms with E-state index in [0.29, 0.717) is 19.4 Å². The number of aryl methyl sites for hydroxylation is 1. The molecule has 0 N–H and O–H groups in total. The molecular weight excluding hydrogens is 382 g/mol. The molecule has 29 heavy (non-hydrogen) atoms. The van der Waals surface area contributed by atoms with Crippen LogP contribution in [0.2, 0.25) is 5.02 Å². The normalized spacial score (nSPS) is 20.2. The molecule has 0 saturated carbocycles. The second-order valence-corrected chi connectivity index (χ2v) is 10.6. The Morgan fingerprint density at radius 1 is 1.28 bits per heavy atom. The summed E-state index contributed by atoms with van der Waals surface area (Å²) in [5, 5.41) is 0.780. The van der Waals surface area contributed by atoms with Gasteiger partial charge >= 0.3 is 0 Å². The van der Waals surface area contributed by atoms with Gasteiger partial charge in [-0.25, -0.2) is 0 Å². The molecular formula is C25H36ClNO2. The van der Waals surface area contributed by atoms with Crippen molar-refractivity contribution in [2.24, 2.45) is 11.3 Å². The van der Waals surface area contributed by atoms with Gasteiger partial charge in [-0.1, -0.05) is 65.3 Å². The Hall–Kier alpha value is -1.61. The fourth-order valence-corrected chi connectivity index (χ4v) is 4.29. The first-order valence-corrected chi connectivity index (χ1v) is 11.0. The molecule has 1 aromatic rings. The zero-order valence-corrected chi connectivity index (χ0v) is 19.8. The third kappa shape index (κ3) is 5.94. The zero-order chi connectivity index (χ0) is 22.0. The summed E-state index contributed by atoms with van der Waals surface area (Å²) in [5.41, 5.74) is 3.33. The van der Waals surface area contributed by atoms with Crippen molar-refractivity contribution in [3.05, 3.63) is 46.1 Å². The topological polar surface area (TPSA) is 37.4 Å². The predicted octanol–water partition coefficient (Wildman–Crippen LogP) is 6.33. The number of hydrogen-bond donors (Lipinski definition) is 0. The number of carbonyl (C=O) groups is 2. The maximum Gasteiger partial charge on any atom is 0.227 e. The van der Waals surface area contributed by atoms with E-state index >= 15 is 0 Å². The monoisotopic (exact) mass is 417 g/mol. The summed E-state index contributed by atoms with van der Waals surface area (Å²) in [6.07, 6.45) is 4.78. The van der Waals surface area contributed by atoms with Gasteiger partial charge in [0.25, 0.3) is 0 Å². The first-order valence-electron chi connectivity index (χ1n) is 10.6. The van der Waals surface area contributed by atoms with Crippen LogP contribution in [0.4, 0.5) is 0 Å². The lowest BCUT2D eigenvalue weighted by molar-refractivity contribution is -0.131. The highest BCUT2D eigenvalue weighted by Gasteiger charge is 2.40. The van der Waals surface area contributed by atoms with E-state index < -0.39 is 0 Å². The van der Waals surface area contributed by atoms with Crippen LogP contribution in [0.5, 0.6) is 0 Å². The van der Waals surface area contributed by atoms with E-state index in [1.165, 1.54) is 5.57 Å². The number of rotatable bonds is 7. The van der Waals surface area contributed by atoms with E-state index in [2.05, 4.69) is 53.7 Å². The number of Topliss-reactive ketones (excluding diaryl/α,β-unsaturated/α-hetero) is 1. The van der Waals surface area contributed by atoms with Gasteiger partial charge in [0.2, 0.25) is 5.91 Å². The van der Waals surface area contributed by atoms with Gasteiger partial charge in [0, 0.05) is 36.0 Å². The molecule has 1 heterocycles. The minimum atomic E-state index is -0.385. The van der Waals surface area contributed by atoms with Crippen LogP contribution in [0, 0.1) is 11.3 Å². The molecule has 3 nitrogen and oxygen atoms in total. The summed E-state index contributed by atoms with van der Waals surface area (Å²) < 4.78 is 0. The number of halogens is 1. The van der Waals surface area contributed by atoms with Gasteiger partial charge < -0.3 is 4.90 Å². The lowest BCUT2D eigenvalue weighted by Gasteiger charge is -2.41. The van der Waals surface area contributed by atoms with Crippen molar-refractivity contribution < 1.29 is 9.59 Å². The molecule has 1 aromatic carbocycles. The minimum absolute atomic E-state index is 0.0612. The third-order valence-corrected chi connectivity index (χ3v) is 6.27. The molecule has 0 saturated heterocycles. The second-order valence-electron chi connectivity index (χ2n) is 10.2. The predicted molar refractivity (Wildman–Crippen MR) is 121 cm³/mol. The van der Waals surface area contributed by atoms with Gasteiger partial charge in [0.1, 0.15) is 5.78 Å². The first-order chi connectivity index (χ1) is 13.3. The smallest absolute Gasteiger partial charge is 0.227 e. The average molecular weight is 418 g/mol.